The van der Waals surface area contributed by atoms with Crippen LogP contribution < -0.4 is 24.4 Å². The first kappa shape index (κ1) is 25.5. The van der Waals surface area contributed by atoms with E-state index in [1.54, 1.807) is 0 Å². The summed E-state index contributed by atoms with van der Waals surface area (Å²) >= 11 is 0. The standard InChI is InChI=1S/C27H29FN4O6S/c1-14-24(28)27(14)13-18-22(17-12-16(6-7-19(17)27)32-8-5-9-32)38-30-25(18)31-39(34,35)23-20(36-3)10-15(26(33)29-2)11-21(23)37-4/h6-7,10-12,14,24H,5,8-9,13H2,1-4H3,(H,29,33)(H,30,31)/t14-,24-,27-/m0/s1. The summed E-state index contributed by atoms with van der Waals surface area (Å²) in [5, 5.41) is 6.57. The summed E-state index contributed by atoms with van der Waals surface area (Å²) in [4.78, 5) is 14.1. The van der Waals surface area contributed by atoms with E-state index in [1.807, 2.05) is 25.1 Å². The molecule has 0 unspecified atom stereocenters. The van der Waals surface area contributed by atoms with E-state index in [0.717, 1.165) is 36.3 Å². The van der Waals surface area contributed by atoms with Gasteiger partial charge in [-0.2, -0.15) is 0 Å². The Morgan fingerprint density at radius 3 is 2.38 bits per heavy atom. The predicted molar refractivity (Wildman–Crippen MR) is 142 cm³/mol. The highest BCUT2D eigenvalue weighted by molar-refractivity contribution is 7.93. The molecule has 6 rings (SSSR count). The van der Waals surface area contributed by atoms with Gasteiger partial charge in [0.25, 0.3) is 15.9 Å². The van der Waals surface area contributed by atoms with Gasteiger partial charge in [0.15, 0.2) is 16.5 Å². The van der Waals surface area contributed by atoms with Gasteiger partial charge < -0.3 is 24.2 Å². The van der Waals surface area contributed by atoms with Crippen LogP contribution in [0, 0.1) is 5.92 Å². The highest BCUT2D eigenvalue weighted by Gasteiger charge is 2.66. The second kappa shape index (κ2) is 8.87. The lowest BCUT2D eigenvalue weighted by atomic mass is 9.77. The lowest BCUT2D eigenvalue weighted by molar-refractivity contribution is 0.0962. The Morgan fingerprint density at radius 2 is 1.85 bits per heavy atom. The highest BCUT2D eigenvalue weighted by Crippen LogP contribution is 2.64. The third-order valence-corrected chi connectivity index (χ3v) is 9.71. The maximum atomic E-state index is 15.3. The minimum absolute atomic E-state index is 0.0184. The molecule has 39 heavy (non-hydrogen) atoms. The maximum Gasteiger partial charge on any atom is 0.270 e. The average Bonchev–Trinajstić information content (AvgIpc) is 3.20. The number of ether oxygens (including phenoxy) is 2. The van der Waals surface area contributed by atoms with E-state index >= 15 is 4.39 Å². The Kier molecular flexibility index (Phi) is 5.79. The van der Waals surface area contributed by atoms with Gasteiger partial charge in [0, 0.05) is 53.8 Å². The summed E-state index contributed by atoms with van der Waals surface area (Å²) in [6, 6.07) is 8.60. The van der Waals surface area contributed by atoms with Crippen LogP contribution in [0.4, 0.5) is 15.9 Å². The molecule has 1 saturated heterocycles. The Bertz CT molecular complexity index is 1570. The predicted octanol–water partition coefficient (Wildman–Crippen LogP) is 3.51. The Hall–Kier alpha value is -3.80. The fraction of sp³-hybridized carbons (Fsp3) is 0.407. The van der Waals surface area contributed by atoms with Crippen LogP contribution in [0.25, 0.3) is 11.3 Å². The van der Waals surface area contributed by atoms with Gasteiger partial charge in [0.2, 0.25) is 0 Å². The van der Waals surface area contributed by atoms with Crippen LogP contribution in [0.2, 0.25) is 0 Å². The number of nitrogens with one attached hydrogen (secondary N) is 2. The SMILES string of the molecule is CNC(=O)c1cc(OC)c(S(=O)(=O)Nc2noc3c2C[C@@]2(c4ccc(N5CCC5)cc4-3)[C@@H](C)[C@@H]2F)c(OC)c1. The Balaban J connectivity index is 1.43. The minimum atomic E-state index is -4.35. The zero-order chi connectivity index (χ0) is 27.7. The molecule has 1 aromatic heterocycles. The number of carbonyl (C=O) groups is 1. The number of amides is 1. The first-order valence-electron chi connectivity index (χ1n) is 12.7. The van der Waals surface area contributed by atoms with Crippen LogP contribution in [-0.4, -0.2) is 60.0 Å². The van der Waals surface area contributed by atoms with Crippen molar-refractivity contribution in [1.82, 2.24) is 10.5 Å². The second-order valence-corrected chi connectivity index (χ2v) is 11.8. The molecule has 3 aromatic rings. The Labute approximate surface area is 225 Å². The highest BCUT2D eigenvalue weighted by atomic mass is 32.2. The molecule has 12 heteroatoms. The molecule has 2 aliphatic carbocycles. The smallest absolute Gasteiger partial charge is 0.270 e. The van der Waals surface area contributed by atoms with Crippen LogP contribution in [0.1, 0.15) is 34.8 Å². The number of carbonyl (C=O) groups excluding carboxylic acids is 1. The topological polar surface area (TPSA) is 123 Å². The largest absolute Gasteiger partial charge is 0.495 e. The van der Waals surface area contributed by atoms with Gasteiger partial charge in [-0.15, -0.1) is 0 Å². The second-order valence-electron chi connectivity index (χ2n) is 10.2. The number of hydrogen-bond donors (Lipinski definition) is 2. The molecule has 0 bridgehead atoms. The fourth-order valence-corrected chi connectivity index (χ4v) is 7.21. The number of anilines is 2. The minimum Gasteiger partial charge on any atom is -0.495 e. The number of methoxy groups -OCH3 is 2. The van der Waals surface area contributed by atoms with Crippen molar-refractivity contribution in [3.8, 4) is 22.8 Å². The summed E-state index contributed by atoms with van der Waals surface area (Å²) in [7, 11) is -0.291. The van der Waals surface area contributed by atoms with Crippen LogP contribution >= 0.6 is 0 Å². The first-order chi connectivity index (χ1) is 18.7. The van der Waals surface area contributed by atoms with Crippen molar-refractivity contribution in [2.75, 3.05) is 44.0 Å². The molecule has 10 nitrogen and oxygen atoms in total. The third-order valence-electron chi connectivity index (χ3n) is 8.31. The van der Waals surface area contributed by atoms with Gasteiger partial charge in [-0.3, -0.25) is 9.52 Å². The zero-order valence-electron chi connectivity index (χ0n) is 22.0. The molecule has 3 atom stereocenters. The molecule has 2 N–H and O–H groups in total. The van der Waals surface area contributed by atoms with Gasteiger partial charge in [-0.1, -0.05) is 18.1 Å². The molecule has 1 spiro atoms. The maximum absolute atomic E-state index is 15.3. The van der Waals surface area contributed by atoms with Crippen LogP contribution in [-0.2, 0) is 21.9 Å². The van der Waals surface area contributed by atoms with Gasteiger partial charge >= 0.3 is 0 Å². The number of fused-ring (bicyclic) bond motifs is 4. The van der Waals surface area contributed by atoms with Crippen molar-refractivity contribution in [1.29, 1.82) is 0 Å². The molecule has 2 heterocycles. The van der Waals surface area contributed by atoms with E-state index in [1.165, 1.54) is 33.4 Å². The molecular weight excluding hydrogens is 527 g/mol. The number of aromatic nitrogens is 1. The third kappa shape index (κ3) is 3.68. The molecular formula is C27H29FN4O6S. The zero-order valence-corrected chi connectivity index (χ0v) is 22.8. The summed E-state index contributed by atoms with van der Waals surface area (Å²) in [5.41, 5.74) is 2.49. The molecule has 2 fully saturated rings. The average molecular weight is 557 g/mol. The van der Waals surface area contributed by atoms with E-state index in [-0.39, 0.29) is 40.1 Å². The molecule has 3 aliphatic rings. The Morgan fingerprint density at radius 1 is 1.18 bits per heavy atom. The van der Waals surface area contributed by atoms with Crippen molar-refractivity contribution in [3.05, 3.63) is 47.0 Å². The number of alkyl halides is 1. The van der Waals surface area contributed by atoms with E-state index in [0.29, 0.717) is 11.3 Å². The number of nitrogens with zero attached hydrogens (tertiary/aromatic N) is 2. The van der Waals surface area contributed by atoms with Gasteiger partial charge in [-0.25, -0.2) is 12.8 Å². The lowest BCUT2D eigenvalue weighted by Gasteiger charge is -2.34. The molecule has 1 amide bonds. The van der Waals surface area contributed by atoms with Crippen LogP contribution in [0.3, 0.4) is 0 Å². The van der Waals surface area contributed by atoms with E-state index in [2.05, 4.69) is 20.1 Å². The van der Waals surface area contributed by atoms with E-state index in [4.69, 9.17) is 14.0 Å². The summed E-state index contributed by atoms with van der Waals surface area (Å²) < 4.78 is 61.6. The normalized spacial score (nSPS) is 22.9. The summed E-state index contributed by atoms with van der Waals surface area (Å²) in [6.45, 7) is 3.76. The van der Waals surface area contributed by atoms with Gasteiger partial charge in [0.05, 0.1) is 14.2 Å². The van der Waals surface area contributed by atoms with Crippen LogP contribution in [0.15, 0.2) is 39.8 Å². The van der Waals surface area contributed by atoms with Crippen molar-refractivity contribution in [2.45, 2.75) is 36.2 Å². The van der Waals surface area contributed by atoms with Crippen molar-refractivity contribution < 1.29 is 31.6 Å². The van der Waals surface area contributed by atoms with Crippen molar-refractivity contribution in [3.63, 3.8) is 0 Å². The molecule has 2 aromatic carbocycles. The lowest BCUT2D eigenvalue weighted by Crippen LogP contribution is -2.37. The van der Waals surface area contributed by atoms with Crippen molar-refractivity contribution >= 4 is 27.4 Å². The van der Waals surface area contributed by atoms with E-state index in [9.17, 15) is 13.2 Å². The van der Waals surface area contributed by atoms with Crippen LogP contribution in [0.5, 0.6) is 11.5 Å². The number of sulfonamides is 1. The number of benzene rings is 2. The number of rotatable bonds is 7. The van der Waals surface area contributed by atoms with Crippen molar-refractivity contribution in [2.24, 2.45) is 5.92 Å². The summed E-state index contributed by atoms with van der Waals surface area (Å²) in [5.74, 6) is -0.436. The quantitative estimate of drug-likeness (QED) is 0.453. The first-order valence-corrected chi connectivity index (χ1v) is 14.2. The molecule has 1 aliphatic heterocycles. The number of halogens is 1. The molecule has 206 valence electrons. The summed E-state index contributed by atoms with van der Waals surface area (Å²) in [6.07, 6.45) is 0.281. The van der Waals surface area contributed by atoms with Gasteiger partial charge in [-0.05, 0) is 42.7 Å². The fourth-order valence-electron chi connectivity index (χ4n) is 5.87. The number of hydrogen-bond acceptors (Lipinski definition) is 8. The molecule has 1 saturated carbocycles. The monoisotopic (exact) mass is 556 g/mol. The molecule has 0 radical (unpaired) electrons. The van der Waals surface area contributed by atoms with E-state index < -0.39 is 27.5 Å². The van der Waals surface area contributed by atoms with Gasteiger partial charge in [0.1, 0.15) is 17.7 Å².